The Morgan fingerprint density at radius 1 is 1.14 bits per heavy atom. The predicted octanol–water partition coefficient (Wildman–Crippen LogP) is 4.13. The van der Waals surface area contributed by atoms with Crippen LogP contribution in [0, 0.1) is 5.92 Å². The van der Waals surface area contributed by atoms with Gasteiger partial charge in [-0.15, -0.1) is 0 Å². The van der Waals surface area contributed by atoms with Gasteiger partial charge in [0, 0.05) is 18.8 Å². The summed E-state index contributed by atoms with van der Waals surface area (Å²) in [6.45, 7) is 4.39. The summed E-state index contributed by atoms with van der Waals surface area (Å²) in [5.41, 5.74) is 9.55. The minimum absolute atomic E-state index is 0.200. The molecular weight excluding hydrogens is 256 g/mol. The Kier molecular flexibility index (Phi) is 4.54. The lowest BCUT2D eigenvalue weighted by Crippen LogP contribution is -2.54. The SMILES string of the molecule is CC1CCCC(CN)(N2CCCCc3ccccc32)CC1. The van der Waals surface area contributed by atoms with Crippen LogP contribution in [-0.2, 0) is 6.42 Å². The van der Waals surface area contributed by atoms with Gasteiger partial charge in [-0.1, -0.05) is 38.0 Å². The van der Waals surface area contributed by atoms with Crippen LogP contribution in [0.2, 0.25) is 0 Å². The molecule has 1 saturated carbocycles. The zero-order valence-electron chi connectivity index (χ0n) is 13.5. The third-order valence-electron chi connectivity index (χ3n) is 5.75. The highest BCUT2D eigenvalue weighted by molar-refractivity contribution is 5.56. The summed E-state index contributed by atoms with van der Waals surface area (Å²) < 4.78 is 0. The number of nitrogens with zero attached hydrogens (tertiary/aromatic N) is 1. The van der Waals surface area contributed by atoms with Gasteiger partial charge in [-0.25, -0.2) is 0 Å². The normalized spacial score (nSPS) is 30.4. The lowest BCUT2D eigenvalue weighted by Gasteiger charge is -2.45. The van der Waals surface area contributed by atoms with E-state index in [2.05, 4.69) is 36.1 Å². The van der Waals surface area contributed by atoms with E-state index in [0.29, 0.717) is 0 Å². The van der Waals surface area contributed by atoms with Crippen LogP contribution in [0.4, 0.5) is 5.69 Å². The summed E-state index contributed by atoms with van der Waals surface area (Å²) in [6.07, 6.45) is 10.4. The Balaban J connectivity index is 1.96. The molecule has 1 fully saturated rings. The Labute approximate surface area is 129 Å². The molecule has 0 saturated heterocycles. The van der Waals surface area contributed by atoms with E-state index in [1.54, 1.807) is 0 Å². The largest absolute Gasteiger partial charge is 0.364 e. The van der Waals surface area contributed by atoms with Crippen LogP contribution in [0.25, 0.3) is 0 Å². The maximum Gasteiger partial charge on any atom is 0.0524 e. The van der Waals surface area contributed by atoms with E-state index in [-0.39, 0.29) is 5.54 Å². The van der Waals surface area contributed by atoms with Gasteiger partial charge in [-0.3, -0.25) is 0 Å². The first kappa shape index (κ1) is 14.9. The van der Waals surface area contributed by atoms with E-state index in [4.69, 9.17) is 5.73 Å². The molecule has 21 heavy (non-hydrogen) atoms. The van der Waals surface area contributed by atoms with Crippen molar-refractivity contribution in [3.63, 3.8) is 0 Å². The van der Waals surface area contributed by atoms with E-state index < -0.39 is 0 Å². The lowest BCUT2D eigenvalue weighted by atomic mass is 9.86. The van der Waals surface area contributed by atoms with Crippen molar-refractivity contribution in [2.75, 3.05) is 18.0 Å². The van der Waals surface area contributed by atoms with Crippen LogP contribution in [0.15, 0.2) is 24.3 Å². The smallest absolute Gasteiger partial charge is 0.0524 e. The molecule has 0 bridgehead atoms. The van der Waals surface area contributed by atoms with E-state index in [1.807, 2.05) is 0 Å². The lowest BCUT2D eigenvalue weighted by molar-refractivity contribution is 0.341. The molecule has 1 aliphatic heterocycles. The summed E-state index contributed by atoms with van der Waals surface area (Å²) in [6, 6.07) is 9.02. The van der Waals surface area contributed by atoms with Crippen molar-refractivity contribution in [2.45, 2.75) is 63.8 Å². The van der Waals surface area contributed by atoms with Crippen molar-refractivity contribution in [1.29, 1.82) is 0 Å². The van der Waals surface area contributed by atoms with Crippen LogP contribution < -0.4 is 10.6 Å². The fraction of sp³-hybridized carbons (Fsp3) is 0.684. The first-order valence-electron chi connectivity index (χ1n) is 8.81. The molecule has 2 atom stereocenters. The molecule has 3 rings (SSSR count). The monoisotopic (exact) mass is 286 g/mol. The van der Waals surface area contributed by atoms with Gasteiger partial charge in [0.25, 0.3) is 0 Å². The third-order valence-corrected chi connectivity index (χ3v) is 5.75. The van der Waals surface area contributed by atoms with E-state index >= 15 is 0 Å². The standard InChI is InChI=1S/C19H30N2/c1-16-7-6-12-19(15-20,13-11-16)21-14-5-4-9-17-8-2-3-10-18(17)21/h2-3,8,10,16H,4-7,9,11-15,20H2,1H3. The molecule has 1 aromatic carbocycles. The molecule has 2 N–H and O–H groups in total. The molecule has 0 radical (unpaired) electrons. The summed E-state index contributed by atoms with van der Waals surface area (Å²) in [7, 11) is 0. The molecule has 0 spiro atoms. The fourth-order valence-electron chi connectivity index (χ4n) is 4.33. The van der Waals surface area contributed by atoms with Crippen molar-refractivity contribution in [3.8, 4) is 0 Å². The molecular formula is C19H30N2. The third kappa shape index (κ3) is 2.96. The van der Waals surface area contributed by atoms with Gasteiger partial charge in [0.15, 0.2) is 0 Å². The molecule has 2 nitrogen and oxygen atoms in total. The number of fused-ring (bicyclic) bond motifs is 1. The number of benzene rings is 1. The van der Waals surface area contributed by atoms with Gasteiger partial charge in [-0.2, -0.15) is 0 Å². The summed E-state index contributed by atoms with van der Waals surface area (Å²) in [5.74, 6) is 0.862. The quantitative estimate of drug-likeness (QED) is 0.828. The fourth-order valence-corrected chi connectivity index (χ4v) is 4.33. The van der Waals surface area contributed by atoms with Crippen molar-refractivity contribution in [2.24, 2.45) is 11.7 Å². The van der Waals surface area contributed by atoms with Crippen LogP contribution >= 0.6 is 0 Å². The predicted molar refractivity (Wildman–Crippen MR) is 90.8 cm³/mol. The highest BCUT2D eigenvalue weighted by Crippen LogP contribution is 2.39. The topological polar surface area (TPSA) is 29.3 Å². The zero-order valence-corrected chi connectivity index (χ0v) is 13.5. The van der Waals surface area contributed by atoms with Gasteiger partial charge in [-0.05, 0) is 56.1 Å². The molecule has 0 amide bonds. The minimum Gasteiger partial charge on any atom is -0.364 e. The Bertz CT molecular complexity index is 470. The maximum atomic E-state index is 6.35. The van der Waals surface area contributed by atoms with E-state index in [1.165, 1.54) is 69.2 Å². The number of anilines is 1. The van der Waals surface area contributed by atoms with Crippen LogP contribution in [0.3, 0.4) is 0 Å². The molecule has 0 aromatic heterocycles. The maximum absolute atomic E-state index is 6.35. The molecule has 1 aromatic rings. The molecule has 1 aliphatic carbocycles. The second-order valence-corrected chi connectivity index (χ2v) is 7.20. The van der Waals surface area contributed by atoms with Gasteiger partial charge < -0.3 is 10.6 Å². The summed E-state index contributed by atoms with van der Waals surface area (Å²) in [5, 5.41) is 0. The summed E-state index contributed by atoms with van der Waals surface area (Å²) in [4.78, 5) is 2.70. The minimum atomic E-state index is 0.200. The summed E-state index contributed by atoms with van der Waals surface area (Å²) >= 11 is 0. The van der Waals surface area contributed by atoms with Crippen LogP contribution in [0.5, 0.6) is 0 Å². The Hall–Kier alpha value is -1.02. The molecule has 116 valence electrons. The first-order chi connectivity index (χ1) is 10.2. The van der Waals surface area contributed by atoms with E-state index in [9.17, 15) is 0 Å². The van der Waals surface area contributed by atoms with E-state index in [0.717, 1.165) is 12.5 Å². The highest BCUT2D eigenvalue weighted by atomic mass is 15.2. The Morgan fingerprint density at radius 2 is 2.00 bits per heavy atom. The first-order valence-corrected chi connectivity index (χ1v) is 8.81. The van der Waals surface area contributed by atoms with Crippen LogP contribution in [0.1, 0.15) is 57.4 Å². The second kappa shape index (κ2) is 6.39. The molecule has 2 heteroatoms. The van der Waals surface area contributed by atoms with Crippen molar-refractivity contribution in [3.05, 3.63) is 29.8 Å². The van der Waals surface area contributed by atoms with Gasteiger partial charge in [0.1, 0.15) is 0 Å². The van der Waals surface area contributed by atoms with Gasteiger partial charge >= 0.3 is 0 Å². The number of rotatable bonds is 2. The average Bonchev–Trinajstić information content (AvgIpc) is 2.84. The van der Waals surface area contributed by atoms with Crippen molar-refractivity contribution in [1.82, 2.24) is 0 Å². The zero-order chi connectivity index (χ0) is 14.7. The number of hydrogen-bond donors (Lipinski definition) is 1. The molecule has 1 heterocycles. The Morgan fingerprint density at radius 3 is 2.86 bits per heavy atom. The van der Waals surface area contributed by atoms with Gasteiger partial charge in [0.05, 0.1) is 5.54 Å². The number of hydrogen-bond acceptors (Lipinski definition) is 2. The number of aryl methyl sites for hydroxylation is 1. The average molecular weight is 286 g/mol. The number of para-hydroxylation sites is 1. The molecule has 2 aliphatic rings. The molecule has 2 unspecified atom stereocenters. The second-order valence-electron chi connectivity index (χ2n) is 7.20. The van der Waals surface area contributed by atoms with Crippen LogP contribution in [-0.4, -0.2) is 18.6 Å². The van der Waals surface area contributed by atoms with Crippen molar-refractivity contribution >= 4 is 5.69 Å². The van der Waals surface area contributed by atoms with Gasteiger partial charge in [0.2, 0.25) is 0 Å². The van der Waals surface area contributed by atoms with Crippen molar-refractivity contribution < 1.29 is 0 Å². The highest BCUT2D eigenvalue weighted by Gasteiger charge is 2.38. The number of nitrogens with two attached hydrogens (primary N) is 1.